The molecule has 2 aromatic carbocycles. The van der Waals surface area contributed by atoms with E-state index >= 15 is 0 Å². The lowest BCUT2D eigenvalue weighted by molar-refractivity contribution is -0.122. The predicted octanol–water partition coefficient (Wildman–Crippen LogP) is 2.43. The maximum Gasteiger partial charge on any atom is 0.258 e. The number of nitrogens with one attached hydrogen (secondary N) is 1. The second kappa shape index (κ2) is 12.3. The number of rotatable bonds is 8. The van der Waals surface area contributed by atoms with Gasteiger partial charge < -0.3 is 19.7 Å². The standard InChI is InChI=1S/C34H35N3O4/c1-5-10-24-15-14-23(7-3)32-22(6-2)11-8-12-25(33(24)32)19-36-31(38)21-41-30-18-28-27(17-29(30)40-4)34(39)37-16-9-13-26(37)20-35-28/h5-8,10-11,14-15,17-18,20,26H,1-2,9,12-13,16,19,21H2,3-4H3,(H,36,38)/b23-7-,24-10-/t26-/m0/s1. The van der Waals surface area contributed by atoms with Crippen LogP contribution in [0.2, 0.25) is 0 Å². The summed E-state index contributed by atoms with van der Waals surface area (Å²) in [5.41, 5.74) is 3.10. The van der Waals surface area contributed by atoms with Gasteiger partial charge in [-0.1, -0.05) is 61.7 Å². The lowest BCUT2D eigenvalue weighted by atomic mass is 10.0. The molecule has 0 unspecified atom stereocenters. The minimum Gasteiger partial charge on any atom is -0.493 e. The van der Waals surface area contributed by atoms with Gasteiger partial charge in [0.2, 0.25) is 0 Å². The van der Waals surface area contributed by atoms with Crippen molar-refractivity contribution in [3.8, 4) is 11.5 Å². The zero-order chi connectivity index (χ0) is 28.9. The van der Waals surface area contributed by atoms with Gasteiger partial charge in [0.05, 0.1) is 24.4 Å². The highest BCUT2D eigenvalue weighted by molar-refractivity contribution is 6.03. The molecular formula is C34H35N3O4. The third-order valence-electron chi connectivity index (χ3n) is 7.72. The maximum absolute atomic E-state index is 13.1. The molecule has 5 rings (SSSR count). The Kier molecular flexibility index (Phi) is 8.34. The number of hydrogen-bond donors (Lipinski definition) is 1. The minimum absolute atomic E-state index is 0.00792. The summed E-state index contributed by atoms with van der Waals surface area (Å²) >= 11 is 0. The van der Waals surface area contributed by atoms with Crippen LogP contribution in [0.15, 0.2) is 66.7 Å². The van der Waals surface area contributed by atoms with Crippen LogP contribution < -0.4 is 35.7 Å². The summed E-state index contributed by atoms with van der Waals surface area (Å²) in [5, 5.41) is 7.34. The molecule has 0 saturated carbocycles. The molecular weight excluding hydrogens is 514 g/mol. The largest absolute Gasteiger partial charge is 0.493 e. The summed E-state index contributed by atoms with van der Waals surface area (Å²) in [6, 6.07) is 7.51. The smallest absolute Gasteiger partial charge is 0.258 e. The third-order valence-corrected chi connectivity index (χ3v) is 7.72. The van der Waals surface area contributed by atoms with E-state index in [1.807, 2.05) is 30.2 Å². The zero-order valence-electron chi connectivity index (χ0n) is 23.6. The van der Waals surface area contributed by atoms with Crippen LogP contribution in [0.25, 0.3) is 23.3 Å². The van der Waals surface area contributed by atoms with Crippen molar-refractivity contribution in [1.82, 2.24) is 10.2 Å². The number of aliphatic imine (C=N–C) groups is 1. The summed E-state index contributed by atoms with van der Waals surface area (Å²) in [5.74, 6) is 0.409. The molecule has 2 amide bonds. The highest BCUT2D eigenvalue weighted by Gasteiger charge is 2.32. The molecule has 2 heterocycles. The first-order valence-corrected chi connectivity index (χ1v) is 13.9. The van der Waals surface area contributed by atoms with Crippen LogP contribution in [0.5, 0.6) is 11.5 Å². The molecule has 1 aliphatic carbocycles. The van der Waals surface area contributed by atoms with Gasteiger partial charge in [-0.25, -0.2) is 0 Å². The topological polar surface area (TPSA) is 80.2 Å². The molecule has 1 fully saturated rings. The van der Waals surface area contributed by atoms with Crippen molar-refractivity contribution >= 4 is 47.0 Å². The van der Waals surface area contributed by atoms with Crippen LogP contribution in [0.3, 0.4) is 0 Å². The number of amides is 2. The van der Waals surface area contributed by atoms with E-state index in [9.17, 15) is 9.59 Å². The van der Waals surface area contributed by atoms with E-state index in [1.165, 1.54) is 7.11 Å². The number of allylic oxidation sites excluding steroid dienone is 4. The van der Waals surface area contributed by atoms with Crippen molar-refractivity contribution in [2.45, 2.75) is 32.2 Å². The van der Waals surface area contributed by atoms with E-state index in [4.69, 9.17) is 9.47 Å². The van der Waals surface area contributed by atoms with Gasteiger partial charge in [0.1, 0.15) is 0 Å². The van der Waals surface area contributed by atoms with E-state index in [2.05, 4.69) is 53.8 Å². The average Bonchev–Trinajstić information content (AvgIpc) is 3.33. The monoisotopic (exact) mass is 549 g/mol. The molecule has 0 spiro atoms. The fourth-order valence-electron chi connectivity index (χ4n) is 5.70. The van der Waals surface area contributed by atoms with Crippen LogP contribution >= 0.6 is 0 Å². The van der Waals surface area contributed by atoms with E-state index < -0.39 is 0 Å². The molecule has 3 aliphatic rings. The molecule has 41 heavy (non-hydrogen) atoms. The lowest BCUT2D eigenvalue weighted by Gasteiger charge is -2.20. The van der Waals surface area contributed by atoms with Crippen molar-refractivity contribution in [3.63, 3.8) is 0 Å². The molecule has 1 atom stereocenters. The molecule has 0 radical (unpaired) electrons. The second-order valence-corrected chi connectivity index (χ2v) is 10.1. The van der Waals surface area contributed by atoms with Crippen LogP contribution in [0.1, 0.15) is 36.5 Å². The molecule has 2 aliphatic heterocycles. The van der Waals surface area contributed by atoms with Gasteiger partial charge in [-0.05, 0) is 64.3 Å². The quantitative estimate of drug-likeness (QED) is 0.549. The van der Waals surface area contributed by atoms with Crippen molar-refractivity contribution in [2.75, 3.05) is 26.8 Å². The molecule has 210 valence electrons. The summed E-state index contributed by atoms with van der Waals surface area (Å²) in [6.07, 6.45) is 16.3. The van der Waals surface area contributed by atoms with Crippen LogP contribution in [-0.2, 0) is 4.79 Å². The first-order chi connectivity index (χ1) is 20.0. The van der Waals surface area contributed by atoms with Crippen molar-refractivity contribution in [2.24, 2.45) is 4.99 Å². The Morgan fingerprint density at radius 3 is 2.78 bits per heavy atom. The number of methoxy groups -OCH3 is 1. The minimum atomic E-state index is -0.273. The van der Waals surface area contributed by atoms with Gasteiger partial charge in [-0.15, -0.1) is 0 Å². The van der Waals surface area contributed by atoms with E-state index in [0.717, 1.165) is 44.9 Å². The first-order valence-electron chi connectivity index (χ1n) is 13.9. The Morgan fingerprint density at radius 2 is 2.02 bits per heavy atom. The number of ether oxygens (including phenoxy) is 2. The zero-order valence-corrected chi connectivity index (χ0v) is 23.6. The fourth-order valence-corrected chi connectivity index (χ4v) is 5.70. The van der Waals surface area contributed by atoms with Crippen molar-refractivity contribution in [1.29, 1.82) is 0 Å². The lowest BCUT2D eigenvalue weighted by Crippen LogP contribution is -2.51. The Bertz CT molecular complexity index is 1730. The van der Waals surface area contributed by atoms with Crippen molar-refractivity contribution < 1.29 is 19.1 Å². The second-order valence-electron chi connectivity index (χ2n) is 10.1. The summed E-state index contributed by atoms with van der Waals surface area (Å²) in [7, 11) is 1.51. The van der Waals surface area contributed by atoms with Gasteiger partial charge in [0, 0.05) is 25.4 Å². The molecule has 0 bridgehead atoms. The van der Waals surface area contributed by atoms with E-state index in [0.29, 0.717) is 42.3 Å². The number of hydrogen-bond acceptors (Lipinski definition) is 5. The van der Waals surface area contributed by atoms with E-state index in [-0.39, 0.29) is 24.5 Å². The Labute approximate surface area is 239 Å². The molecule has 1 saturated heterocycles. The molecule has 0 aromatic heterocycles. The van der Waals surface area contributed by atoms with Gasteiger partial charge >= 0.3 is 0 Å². The highest BCUT2D eigenvalue weighted by atomic mass is 16.5. The Balaban J connectivity index is 1.39. The summed E-state index contributed by atoms with van der Waals surface area (Å²) < 4.78 is 11.4. The van der Waals surface area contributed by atoms with Gasteiger partial charge in [0.15, 0.2) is 18.1 Å². The summed E-state index contributed by atoms with van der Waals surface area (Å²) in [4.78, 5) is 32.5. The van der Waals surface area contributed by atoms with Gasteiger partial charge in [0.25, 0.3) is 11.8 Å². The Morgan fingerprint density at radius 1 is 1.20 bits per heavy atom. The average molecular weight is 550 g/mol. The van der Waals surface area contributed by atoms with E-state index in [1.54, 1.807) is 18.2 Å². The molecule has 7 heteroatoms. The van der Waals surface area contributed by atoms with Crippen LogP contribution in [0.4, 0.5) is 5.69 Å². The number of fused-ring (bicyclic) bond motifs is 3. The highest BCUT2D eigenvalue weighted by Crippen LogP contribution is 2.38. The van der Waals surface area contributed by atoms with Crippen molar-refractivity contribution in [3.05, 3.63) is 88.2 Å². The number of carbonyl (C=O) groups is 2. The SMILES string of the molecule is C=C/C=c1/cc/c(=C/C)c2c1=C(CNC(=O)COc1cc3c(cc1OC)C(=O)N1CCC[C@H]1C=N3)CC=CC=2C=C. The third kappa shape index (κ3) is 5.53. The summed E-state index contributed by atoms with van der Waals surface area (Å²) in [6.45, 7) is 10.8. The number of benzene rings is 2. The maximum atomic E-state index is 13.1. The van der Waals surface area contributed by atoms with Gasteiger partial charge in [-0.2, -0.15) is 0 Å². The van der Waals surface area contributed by atoms with Crippen LogP contribution in [-0.4, -0.2) is 55.8 Å². The number of nitrogens with zero attached hydrogens (tertiary/aromatic N) is 2. The number of carbonyl (C=O) groups excluding carboxylic acids is 2. The fraction of sp³-hybridized carbons (Fsp3) is 0.265. The normalized spacial score (nSPS) is 18.3. The molecule has 7 nitrogen and oxygen atoms in total. The van der Waals surface area contributed by atoms with Crippen LogP contribution in [0, 0.1) is 0 Å². The predicted molar refractivity (Wildman–Crippen MR) is 164 cm³/mol. The molecule has 1 N–H and O–H groups in total. The molecule has 2 aromatic rings. The Hall–Kier alpha value is -4.65. The van der Waals surface area contributed by atoms with Gasteiger partial charge in [-0.3, -0.25) is 14.6 Å². The first kappa shape index (κ1) is 27.9.